The van der Waals surface area contributed by atoms with Crippen LogP contribution in [-0.2, 0) is 0 Å². The molecule has 0 radical (unpaired) electrons. The summed E-state index contributed by atoms with van der Waals surface area (Å²) in [4.78, 5) is 20.6. The summed E-state index contributed by atoms with van der Waals surface area (Å²) in [6.07, 6.45) is 3.21. The van der Waals surface area contributed by atoms with Crippen LogP contribution in [0.2, 0.25) is 5.02 Å². The number of amides is 1. The fourth-order valence-corrected chi connectivity index (χ4v) is 2.28. The van der Waals surface area contributed by atoms with E-state index >= 15 is 0 Å². The van der Waals surface area contributed by atoms with Gasteiger partial charge in [0.1, 0.15) is 0 Å². The quantitative estimate of drug-likeness (QED) is 0.712. The van der Waals surface area contributed by atoms with E-state index in [0.717, 1.165) is 5.52 Å². The highest BCUT2D eigenvalue weighted by atomic mass is 35.5. The van der Waals surface area contributed by atoms with Gasteiger partial charge in [0.25, 0.3) is 5.91 Å². The van der Waals surface area contributed by atoms with Crippen LogP contribution in [-0.4, -0.2) is 15.9 Å². The molecule has 0 bridgehead atoms. The average Bonchev–Trinajstić information content (AvgIpc) is 2.47. The maximum Gasteiger partial charge on any atom is 0.259 e. The molecule has 3 rings (SSSR count). The molecule has 0 aliphatic heterocycles. The van der Waals surface area contributed by atoms with Crippen molar-refractivity contribution >= 4 is 39.9 Å². The highest BCUT2D eigenvalue weighted by molar-refractivity contribution is 6.35. The molecule has 0 saturated heterocycles. The third-order valence-electron chi connectivity index (χ3n) is 3.00. The molecule has 0 spiro atoms. The van der Waals surface area contributed by atoms with Crippen LogP contribution in [0.25, 0.3) is 11.0 Å². The van der Waals surface area contributed by atoms with Gasteiger partial charge in [-0.15, -0.1) is 0 Å². The van der Waals surface area contributed by atoms with E-state index in [1.54, 1.807) is 48.8 Å². The van der Waals surface area contributed by atoms with Crippen LogP contribution in [0.3, 0.4) is 0 Å². The minimum absolute atomic E-state index is 0.262. The zero-order valence-electron chi connectivity index (χ0n) is 10.9. The Balaban J connectivity index is 1.93. The Labute approximate surface area is 125 Å². The van der Waals surface area contributed by atoms with Gasteiger partial charge in [-0.2, -0.15) is 0 Å². The van der Waals surface area contributed by atoms with Gasteiger partial charge in [-0.25, -0.2) is 0 Å². The minimum atomic E-state index is -0.360. The van der Waals surface area contributed by atoms with E-state index < -0.39 is 0 Å². The number of aromatic nitrogens is 2. The van der Waals surface area contributed by atoms with Crippen molar-refractivity contribution in [3.8, 4) is 0 Å². The molecule has 0 atom stereocenters. The SMILES string of the molecule is Nc1cccc(Cl)c1C(=O)Nc1ccc2nccnc2c1. The number of carbonyl (C=O) groups is 1. The van der Waals surface area contributed by atoms with E-state index in [0.29, 0.717) is 21.9 Å². The van der Waals surface area contributed by atoms with E-state index in [1.165, 1.54) is 0 Å². The number of carbonyl (C=O) groups excluding carboxylic acids is 1. The van der Waals surface area contributed by atoms with Crippen molar-refractivity contribution in [2.75, 3.05) is 11.1 Å². The third kappa shape index (κ3) is 2.64. The first-order valence-electron chi connectivity index (χ1n) is 6.21. The Morgan fingerprint density at radius 1 is 1.10 bits per heavy atom. The van der Waals surface area contributed by atoms with Crippen molar-refractivity contribution in [1.82, 2.24) is 9.97 Å². The summed E-state index contributed by atoms with van der Waals surface area (Å²) in [6, 6.07) is 10.2. The normalized spacial score (nSPS) is 10.5. The van der Waals surface area contributed by atoms with Crippen LogP contribution < -0.4 is 11.1 Å². The molecule has 1 amide bonds. The topological polar surface area (TPSA) is 80.9 Å². The van der Waals surface area contributed by atoms with Gasteiger partial charge in [0.15, 0.2) is 0 Å². The smallest absolute Gasteiger partial charge is 0.259 e. The number of nitrogens with zero attached hydrogens (tertiary/aromatic N) is 2. The molecule has 2 aromatic carbocycles. The van der Waals surface area contributed by atoms with Gasteiger partial charge in [-0.3, -0.25) is 14.8 Å². The summed E-state index contributed by atoms with van der Waals surface area (Å²) in [5, 5.41) is 3.07. The predicted octanol–water partition coefficient (Wildman–Crippen LogP) is 3.12. The van der Waals surface area contributed by atoms with Crippen LogP contribution >= 0.6 is 11.6 Å². The predicted molar refractivity (Wildman–Crippen MR) is 83.4 cm³/mol. The molecule has 0 saturated carbocycles. The number of fused-ring (bicyclic) bond motifs is 1. The van der Waals surface area contributed by atoms with Crippen molar-refractivity contribution in [3.05, 3.63) is 59.4 Å². The van der Waals surface area contributed by atoms with Gasteiger partial charge < -0.3 is 11.1 Å². The lowest BCUT2D eigenvalue weighted by molar-refractivity contribution is 0.102. The first kappa shape index (κ1) is 13.3. The number of hydrogen-bond acceptors (Lipinski definition) is 4. The van der Waals surface area contributed by atoms with Crippen LogP contribution in [0.15, 0.2) is 48.8 Å². The summed E-state index contributed by atoms with van der Waals surface area (Å²) in [6.45, 7) is 0. The first-order chi connectivity index (χ1) is 10.1. The van der Waals surface area contributed by atoms with Crippen LogP contribution in [0, 0.1) is 0 Å². The second-order valence-electron chi connectivity index (χ2n) is 4.42. The van der Waals surface area contributed by atoms with Gasteiger partial charge >= 0.3 is 0 Å². The fraction of sp³-hybridized carbons (Fsp3) is 0. The minimum Gasteiger partial charge on any atom is -0.398 e. The standard InChI is InChI=1S/C15H11ClN4O/c16-10-2-1-3-11(17)14(10)15(21)20-9-4-5-12-13(8-9)19-7-6-18-12/h1-8H,17H2,(H,20,21). The Kier molecular flexibility index (Phi) is 3.41. The molecule has 5 nitrogen and oxygen atoms in total. The lowest BCUT2D eigenvalue weighted by Crippen LogP contribution is -2.14. The van der Waals surface area contributed by atoms with Gasteiger partial charge in [0.2, 0.25) is 0 Å². The summed E-state index contributed by atoms with van der Waals surface area (Å²) in [7, 11) is 0. The zero-order chi connectivity index (χ0) is 14.8. The largest absolute Gasteiger partial charge is 0.398 e. The molecule has 1 heterocycles. The second kappa shape index (κ2) is 5.38. The maximum absolute atomic E-state index is 12.3. The molecule has 0 fully saturated rings. The number of nitrogen functional groups attached to an aromatic ring is 1. The Morgan fingerprint density at radius 2 is 1.86 bits per heavy atom. The van der Waals surface area contributed by atoms with E-state index in [-0.39, 0.29) is 11.5 Å². The molecule has 0 aliphatic carbocycles. The summed E-state index contributed by atoms with van der Waals surface area (Å²) in [5.74, 6) is -0.360. The highest BCUT2D eigenvalue weighted by Crippen LogP contribution is 2.23. The van der Waals surface area contributed by atoms with Crippen LogP contribution in [0.5, 0.6) is 0 Å². The lowest BCUT2D eigenvalue weighted by Gasteiger charge is -2.09. The van der Waals surface area contributed by atoms with Crippen molar-refractivity contribution in [2.24, 2.45) is 0 Å². The molecule has 104 valence electrons. The summed E-state index contributed by atoms with van der Waals surface area (Å²) >= 11 is 6.02. The van der Waals surface area contributed by atoms with Gasteiger partial charge in [0, 0.05) is 23.8 Å². The lowest BCUT2D eigenvalue weighted by atomic mass is 10.1. The Hall–Kier alpha value is -2.66. The number of benzene rings is 2. The molecular weight excluding hydrogens is 288 g/mol. The molecule has 0 aliphatic rings. The van der Waals surface area contributed by atoms with Crippen LogP contribution in [0.4, 0.5) is 11.4 Å². The van der Waals surface area contributed by atoms with E-state index in [1.807, 2.05) is 0 Å². The molecule has 1 aromatic heterocycles. The van der Waals surface area contributed by atoms with Crippen molar-refractivity contribution < 1.29 is 4.79 Å². The fourth-order valence-electron chi connectivity index (χ4n) is 2.01. The van der Waals surface area contributed by atoms with E-state index in [2.05, 4.69) is 15.3 Å². The van der Waals surface area contributed by atoms with Crippen LogP contribution in [0.1, 0.15) is 10.4 Å². The van der Waals surface area contributed by atoms with E-state index in [9.17, 15) is 4.79 Å². The third-order valence-corrected chi connectivity index (χ3v) is 3.32. The summed E-state index contributed by atoms with van der Waals surface area (Å²) in [5.41, 5.74) is 8.45. The second-order valence-corrected chi connectivity index (χ2v) is 4.83. The molecular formula is C15H11ClN4O. The van der Waals surface area contributed by atoms with Gasteiger partial charge in [-0.05, 0) is 30.3 Å². The molecule has 3 aromatic rings. The average molecular weight is 299 g/mol. The Bertz CT molecular complexity index is 815. The number of halogens is 1. The number of anilines is 2. The van der Waals surface area contributed by atoms with Gasteiger partial charge in [-0.1, -0.05) is 17.7 Å². The number of hydrogen-bond donors (Lipinski definition) is 2. The number of rotatable bonds is 2. The molecule has 6 heteroatoms. The number of nitrogens with two attached hydrogens (primary N) is 1. The first-order valence-corrected chi connectivity index (χ1v) is 6.59. The molecule has 21 heavy (non-hydrogen) atoms. The molecule has 3 N–H and O–H groups in total. The van der Waals surface area contributed by atoms with E-state index in [4.69, 9.17) is 17.3 Å². The summed E-state index contributed by atoms with van der Waals surface area (Å²) < 4.78 is 0. The number of nitrogens with one attached hydrogen (secondary N) is 1. The maximum atomic E-state index is 12.3. The van der Waals surface area contributed by atoms with Crippen molar-refractivity contribution in [3.63, 3.8) is 0 Å². The van der Waals surface area contributed by atoms with Crippen molar-refractivity contribution in [1.29, 1.82) is 0 Å². The monoisotopic (exact) mass is 298 g/mol. The van der Waals surface area contributed by atoms with Gasteiger partial charge in [0.05, 0.1) is 21.6 Å². The Morgan fingerprint density at radius 3 is 2.62 bits per heavy atom. The zero-order valence-corrected chi connectivity index (χ0v) is 11.6. The highest BCUT2D eigenvalue weighted by Gasteiger charge is 2.14. The van der Waals surface area contributed by atoms with Crippen molar-refractivity contribution in [2.45, 2.75) is 0 Å². The molecule has 0 unspecified atom stereocenters.